The molecule has 2 aromatic carbocycles. The Morgan fingerprint density at radius 1 is 1.02 bits per heavy atom. The van der Waals surface area contributed by atoms with Crippen molar-refractivity contribution < 1.29 is 33.7 Å². The minimum Gasteiger partial charge on any atom is -0.477 e. The van der Waals surface area contributed by atoms with Crippen molar-refractivity contribution in [3.8, 4) is 11.1 Å². The van der Waals surface area contributed by atoms with Crippen LogP contribution < -0.4 is 5.32 Å². The Kier molecular flexibility index (Phi) is 8.32. The molecule has 0 bridgehead atoms. The van der Waals surface area contributed by atoms with Gasteiger partial charge < -0.3 is 24.6 Å². The molecule has 1 fully saturated rings. The van der Waals surface area contributed by atoms with E-state index in [-0.39, 0.29) is 30.6 Å². The number of carboxylic acid groups (broad SMARTS) is 1. The molecular formula is C31H34N2O7S. The van der Waals surface area contributed by atoms with Crippen LogP contribution in [-0.4, -0.2) is 65.7 Å². The van der Waals surface area contributed by atoms with Gasteiger partial charge in [-0.05, 0) is 61.6 Å². The summed E-state index contributed by atoms with van der Waals surface area (Å²) in [6, 6.07) is 18.5. The van der Waals surface area contributed by atoms with Crippen LogP contribution in [0, 0.1) is 0 Å². The van der Waals surface area contributed by atoms with Crippen LogP contribution >= 0.6 is 11.3 Å². The minimum absolute atomic E-state index is 0.112. The molecule has 2 amide bonds. The molecule has 1 aliphatic heterocycles. The fourth-order valence-corrected chi connectivity index (χ4v) is 6.28. The van der Waals surface area contributed by atoms with Crippen LogP contribution in [0.25, 0.3) is 11.1 Å². The van der Waals surface area contributed by atoms with E-state index >= 15 is 0 Å². The highest BCUT2D eigenvalue weighted by molar-refractivity contribution is 7.13. The van der Waals surface area contributed by atoms with Crippen LogP contribution in [0.2, 0.25) is 0 Å². The van der Waals surface area contributed by atoms with Gasteiger partial charge in [-0.2, -0.15) is 0 Å². The van der Waals surface area contributed by atoms with Crippen LogP contribution in [0.15, 0.2) is 60.7 Å². The van der Waals surface area contributed by atoms with Gasteiger partial charge in [0.25, 0.3) is 0 Å². The predicted octanol–water partition coefficient (Wildman–Crippen LogP) is 5.88. The third-order valence-corrected chi connectivity index (χ3v) is 8.25. The lowest BCUT2D eigenvalue weighted by Crippen LogP contribution is -2.58. The van der Waals surface area contributed by atoms with Crippen molar-refractivity contribution in [2.45, 2.75) is 57.3 Å². The predicted molar refractivity (Wildman–Crippen MR) is 154 cm³/mol. The van der Waals surface area contributed by atoms with Crippen molar-refractivity contribution in [1.29, 1.82) is 0 Å². The first-order chi connectivity index (χ1) is 19.6. The number of alkyl carbamates (subject to hydrolysis) is 1. The highest BCUT2D eigenvalue weighted by atomic mass is 32.1. The molecule has 0 spiro atoms. The van der Waals surface area contributed by atoms with Crippen molar-refractivity contribution in [2.24, 2.45) is 0 Å². The molecule has 5 rings (SSSR count). The molecule has 10 heteroatoms. The molecule has 3 aromatic rings. The second kappa shape index (κ2) is 11.9. The lowest BCUT2D eigenvalue weighted by Gasteiger charge is -2.39. The van der Waals surface area contributed by atoms with Gasteiger partial charge in [-0.15, -0.1) is 11.3 Å². The van der Waals surface area contributed by atoms with Gasteiger partial charge in [-0.1, -0.05) is 48.5 Å². The molecule has 2 aliphatic rings. The molecule has 0 unspecified atom stereocenters. The average molecular weight is 579 g/mol. The van der Waals surface area contributed by atoms with Crippen molar-refractivity contribution in [2.75, 3.05) is 19.8 Å². The topological polar surface area (TPSA) is 114 Å². The van der Waals surface area contributed by atoms with E-state index in [4.69, 9.17) is 14.2 Å². The lowest BCUT2D eigenvalue weighted by molar-refractivity contribution is -0.00683. The maximum absolute atomic E-state index is 13.8. The van der Waals surface area contributed by atoms with Gasteiger partial charge in [0.1, 0.15) is 17.1 Å². The van der Waals surface area contributed by atoms with E-state index in [0.29, 0.717) is 17.9 Å². The zero-order chi connectivity index (χ0) is 29.1. The maximum Gasteiger partial charge on any atom is 0.410 e. The Bertz CT molecular complexity index is 1380. The highest BCUT2D eigenvalue weighted by Crippen LogP contribution is 2.44. The first-order valence-corrected chi connectivity index (χ1v) is 14.4. The summed E-state index contributed by atoms with van der Waals surface area (Å²) in [5.41, 5.74) is 3.78. The van der Waals surface area contributed by atoms with Crippen LogP contribution in [0.5, 0.6) is 0 Å². The van der Waals surface area contributed by atoms with Gasteiger partial charge in [0.05, 0.1) is 25.2 Å². The lowest BCUT2D eigenvalue weighted by atomic mass is 9.98. The summed E-state index contributed by atoms with van der Waals surface area (Å²) >= 11 is 1.11. The molecule has 9 nitrogen and oxygen atoms in total. The number of fused-ring (bicyclic) bond motifs is 3. The van der Waals surface area contributed by atoms with E-state index in [1.165, 1.54) is 6.07 Å². The molecule has 2 N–H and O–H groups in total. The van der Waals surface area contributed by atoms with Crippen LogP contribution in [0.1, 0.15) is 58.8 Å². The Balaban J connectivity index is 1.38. The second-order valence-electron chi connectivity index (χ2n) is 11.2. The smallest absolute Gasteiger partial charge is 0.410 e. The van der Waals surface area contributed by atoms with Crippen LogP contribution in [0.3, 0.4) is 0 Å². The zero-order valence-electron chi connectivity index (χ0n) is 23.3. The summed E-state index contributed by atoms with van der Waals surface area (Å²) in [6.45, 7) is 6.20. The largest absolute Gasteiger partial charge is 0.477 e. The number of carbonyl (C=O) groups is 3. The Morgan fingerprint density at radius 3 is 2.29 bits per heavy atom. The van der Waals surface area contributed by atoms with Crippen molar-refractivity contribution in [1.82, 2.24) is 10.2 Å². The van der Waals surface area contributed by atoms with E-state index in [1.807, 2.05) is 24.3 Å². The number of nitrogens with one attached hydrogen (secondary N) is 1. The number of nitrogens with zero attached hydrogens (tertiary/aromatic N) is 1. The van der Waals surface area contributed by atoms with Gasteiger partial charge in [0.15, 0.2) is 0 Å². The van der Waals surface area contributed by atoms with Crippen LogP contribution in [0.4, 0.5) is 9.59 Å². The number of amides is 2. The van der Waals surface area contributed by atoms with E-state index in [9.17, 15) is 19.5 Å². The van der Waals surface area contributed by atoms with Crippen molar-refractivity contribution in [3.05, 3.63) is 81.5 Å². The first-order valence-electron chi connectivity index (χ1n) is 13.6. The monoisotopic (exact) mass is 578 g/mol. The normalized spacial score (nSPS) is 18.2. The zero-order valence-corrected chi connectivity index (χ0v) is 24.1. The SMILES string of the molecule is CC(C)(C)OC(=O)N[C@@H]1COCC[C@@H]1N(Cc1ccc(C(=O)O)s1)C(=O)OCC1c2ccccc2-c2ccccc21. The second-order valence-corrected chi connectivity index (χ2v) is 12.4. The van der Waals surface area contributed by atoms with Crippen LogP contribution in [-0.2, 0) is 20.8 Å². The first kappa shape index (κ1) is 28.6. The molecule has 0 saturated carbocycles. The Labute approximate surface area is 243 Å². The molecule has 1 aliphatic carbocycles. The fraction of sp³-hybridized carbons (Fsp3) is 0.387. The van der Waals surface area contributed by atoms with Gasteiger partial charge >= 0.3 is 18.2 Å². The minimum atomic E-state index is -1.02. The molecule has 2 atom stereocenters. The number of ether oxygens (including phenoxy) is 3. The molecular weight excluding hydrogens is 544 g/mol. The van der Waals surface area contributed by atoms with E-state index in [0.717, 1.165) is 33.6 Å². The molecule has 0 radical (unpaired) electrons. The number of hydrogen-bond donors (Lipinski definition) is 2. The third-order valence-electron chi connectivity index (χ3n) is 7.19. The number of carbonyl (C=O) groups excluding carboxylic acids is 2. The Morgan fingerprint density at radius 2 is 1.68 bits per heavy atom. The van der Waals surface area contributed by atoms with Crippen molar-refractivity contribution >= 4 is 29.5 Å². The molecule has 41 heavy (non-hydrogen) atoms. The molecule has 216 valence electrons. The van der Waals surface area contributed by atoms with Gasteiger partial charge in [-0.3, -0.25) is 4.90 Å². The number of thiophene rings is 1. The number of benzene rings is 2. The van der Waals surface area contributed by atoms with Gasteiger partial charge in [0.2, 0.25) is 0 Å². The standard InChI is InChI=1S/C31H34N2O7S/c1-31(2,3)40-29(36)32-25-18-38-15-14-26(25)33(16-19-12-13-27(41-19)28(34)35)30(37)39-17-24-22-10-6-4-8-20(22)21-9-5-7-11-23(21)24/h4-13,24-26H,14-18H2,1-3H3,(H,32,36)(H,34,35)/t25-,26+/m1/s1. The fourth-order valence-electron chi connectivity index (χ4n) is 5.44. The van der Waals surface area contributed by atoms with Crippen molar-refractivity contribution in [3.63, 3.8) is 0 Å². The number of hydrogen-bond acceptors (Lipinski definition) is 7. The highest BCUT2D eigenvalue weighted by Gasteiger charge is 2.37. The summed E-state index contributed by atoms with van der Waals surface area (Å²) in [5, 5.41) is 12.3. The van der Waals surface area contributed by atoms with E-state index in [2.05, 4.69) is 29.6 Å². The third kappa shape index (κ3) is 6.55. The van der Waals surface area contributed by atoms with E-state index < -0.39 is 35.8 Å². The van der Waals surface area contributed by atoms with Gasteiger partial charge in [0, 0.05) is 17.4 Å². The summed E-state index contributed by atoms with van der Waals surface area (Å²) in [7, 11) is 0. The number of aromatic carboxylic acids is 1. The van der Waals surface area contributed by atoms with Gasteiger partial charge in [-0.25, -0.2) is 14.4 Å². The molecule has 2 heterocycles. The summed E-state index contributed by atoms with van der Waals surface area (Å²) in [5.74, 6) is -1.14. The summed E-state index contributed by atoms with van der Waals surface area (Å²) in [4.78, 5) is 40.4. The number of rotatable bonds is 7. The average Bonchev–Trinajstić information content (AvgIpc) is 3.53. The quantitative estimate of drug-likeness (QED) is 0.360. The molecule has 1 aromatic heterocycles. The van der Waals surface area contributed by atoms with E-state index in [1.54, 1.807) is 31.7 Å². The maximum atomic E-state index is 13.8. The summed E-state index contributed by atoms with van der Waals surface area (Å²) in [6.07, 6.45) is -0.684. The number of carboxylic acids is 1. The summed E-state index contributed by atoms with van der Waals surface area (Å²) < 4.78 is 17.1. The Hall–Kier alpha value is -3.89. The molecule has 1 saturated heterocycles.